The molecule has 152 valence electrons. The summed E-state index contributed by atoms with van der Waals surface area (Å²) in [5.74, 6) is 2.20. The molecule has 1 amide bonds. The number of carbonyl (C=O) groups excluding carboxylic acids is 1. The van der Waals surface area contributed by atoms with Crippen LogP contribution in [0.1, 0.15) is 56.2 Å². The lowest BCUT2D eigenvalue weighted by Crippen LogP contribution is -2.46. The molecule has 5 nitrogen and oxygen atoms in total. The highest BCUT2D eigenvalue weighted by Crippen LogP contribution is 2.33. The van der Waals surface area contributed by atoms with Crippen molar-refractivity contribution in [3.8, 4) is 11.4 Å². The number of aromatic nitrogens is 2. The lowest BCUT2D eigenvalue weighted by molar-refractivity contribution is -0.125. The number of amides is 1. The van der Waals surface area contributed by atoms with Gasteiger partial charge in [0, 0.05) is 36.0 Å². The molecule has 1 N–H and O–H groups in total. The van der Waals surface area contributed by atoms with Crippen LogP contribution in [0.25, 0.3) is 11.4 Å². The fourth-order valence-corrected chi connectivity index (χ4v) is 5.16. The number of piperidine rings is 1. The van der Waals surface area contributed by atoms with Gasteiger partial charge in [0.15, 0.2) is 5.82 Å². The van der Waals surface area contributed by atoms with Gasteiger partial charge in [-0.3, -0.25) is 4.79 Å². The van der Waals surface area contributed by atoms with Crippen LogP contribution in [0.4, 0.5) is 5.82 Å². The molecule has 0 spiro atoms. The van der Waals surface area contributed by atoms with Gasteiger partial charge in [-0.25, -0.2) is 9.97 Å². The van der Waals surface area contributed by atoms with Crippen LogP contribution in [0.3, 0.4) is 0 Å². The number of hydrogen-bond acceptors (Lipinski definition) is 4. The first-order valence-electron chi connectivity index (χ1n) is 11.3. The summed E-state index contributed by atoms with van der Waals surface area (Å²) in [6, 6.07) is 10.6. The van der Waals surface area contributed by atoms with Gasteiger partial charge in [0.2, 0.25) is 5.91 Å². The van der Waals surface area contributed by atoms with E-state index in [2.05, 4.69) is 22.3 Å². The van der Waals surface area contributed by atoms with Crippen LogP contribution in [-0.2, 0) is 17.6 Å². The molecule has 5 rings (SSSR count). The van der Waals surface area contributed by atoms with Crippen molar-refractivity contribution in [3.63, 3.8) is 0 Å². The van der Waals surface area contributed by atoms with Gasteiger partial charge >= 0.3 is 0 Å². The van der Waals surface area contributed by atoms with Crippen molar-refractivity contribution in [1.82, 2.24) is 15.3 Å². The van der Waals surface area contributed by atoms with Gasteiger partial charge in [-0.15, -0.1) is 0 Å². The van der Waals surface area contributed by atoms with E-state index in [-0.39, 0.29) is 11.8 Å². The molecule has 1 aromatic carbocycles. The summed E-state index contributed by atoms with van der Waals surface area (Å²) in [4.78, 5) is 25.1. The van der Waals surface area contributed by atoms with Gasteiger partial charge in [0.1, 0.15) is 5.82 Å². The van der Waals surface area contributed by atoms with Gasteiger partial charge in [-0.1, -0.05) is 43.2 Å². The minimum Gasteiger partial charge on any atom is -0.355 e. The van der Waals surface area contributed by atoms with E-state index in [4.69, 9.17) is 9.97 Å². The average Bonchev–Trinajstić information content (AvgIpc) is 3.45. The Morgan fingerprint density at radius 1 is 0.966 bits per heavy atom. The summed E-state index contributed by atoms with van der Waals surface area (Å²) < 4.78 is 0. The topological polar surface area (TPSA) is 58.1 Å². The monoisotopic (exact) mass is 390 g/mol. The Kier molecular flexibility index (Phi) is 5.21. The Morgan fingerprint density at radius 2 is 1.79 bits per heavy atom. The maximum atomic E-state index is 12.9. The maximum absolute atomic E-state index is 12.9. The molecule has 5 heteroatoms. The van der Waals surface area contributed by atoms with Gasteiger partial charge < -0.3 is 10.2 Å². The van der Waals surface area contributed by atoms with Crippen molar-refractivity contribution in [2.45, 2.75) is 63.8 Å². The standard InChI is InChI=1S/C24H30N4O/c29-24(25-19-11-4-5-12-19)18-10-7-15-28(16-18)23-20-13-6-14-21(20)26-22(27-23)17-8-2-1-3-9-17/h1-3,8-9,18-19H,4-7,10-16H2,(H,25,29)/t18-/m0/s1. The van der Waals surface area contributed by atoms with E-state index >= 15 is 0 Å². The first kappa shape index (κ1) is 18.6. The van der Waals surface area contributed by atoms with E-state index in [0.717, 1.165) is 75.2 Å². The fraction of sp³-hybridized carbons (Fsp3) is 0.542. The Balaban J connectivity index is 1.39. The van der Waals surface area contributed by atoms with Crippen LogP contribution in [0.15, 0.2) is 30.3 Å². The van der Waals surface area contributed by atoms with Crippen molar-refractivity contribution in [2.24, 2.45) is 5.92 Å². The highest BCUT2D eigenvalue weighted by molar-refractivity contribution is 5.80. The van der Waals surface area contributed by atoms with Crippen LogP contribution >= 0.6 is 0 Å². The summed E-state index contributed by atoms with van der Waals surface area (Å²) in [5, 5.41) is 3.31. The van der Waals surface area contributed by atoms with Crippen LogP contribution < -0.4 is 10.2 Å². The molecule has 29 heavy (non-hydrogen) atoms. The number of carbonyl (C=O) groups is 1. The van der Waals surface area contributed by atoms with Crippen LogP contribution in [0.5, 0.6) is 0 Å². The molecule has 1 aliphatic heterocycles. The van der Waals surface area contributed by atoms with E-state index in [1.165, 1.54) is 24.1 Å². The molecular formula is C24H30N4O. The highest BCUT2D eigenvalue weighted by Gasteiger charge is 2.31. The van der Waals surface area contributed by atoms with Crippen molar-refractivity contribution in [2.75, 3.05) is 18.0 Å². The van der Waals surface area contributed by atoms with Gasteiger partial charge in [-0.05, 0) is 44.9 Å². The van der Waals surface area contributed by atoms with Crippen molar-refractivity contribution in [1.29, 1.82) is 0 Å². The molecule has 1 aromatic heterocycles. The number of hydrogen-bond donors (Lipinski definition) is 1. The SMILES string of the molecule is O=C(NC1CCCC1)[C@H]1CCCN(c2nc(-c3ccccc3)nc3c2CCC3)C1. The summed E-state index contributed by atoms with van der Waals surface area (Å²) in [5.41, 5.74) is 3.57. The molecule has 2 aromatic rings. The Bertz CT molecular complexity index is 876. The van der Waals surface area contributed by atoms with Crippen molar-refractivity contribution >= 4 is 11.7 Å². The number of aryl methyl sites for hydroxylation is 1. The first-order chi connectivity index (χ1) is 14.3. The molecule has 0 unspecified atom stereocenters. The van der Waals surface area contributed by atoms with Crippen molar-refractivity contribution < 1.29 is 4.79 Å². The molecule has 1 saturated heterocycles. The lowest BCUT2D eigenvalue weighted by atomic mass is 9.96. The lowest BCUT2D eigenvalue weighted by Gasteiger charge is -2.34. The minimum atomic E-state index is 0.0662. The zero-order chi connectivity index (χ0) is 19.6. The second-order valence-electron chi connectivity index (χ2n) is 8.79. The number of rotatable bonds is 4. The average molecular weight is 391 g/mol. The van der Waals surface area contributed by atoms with E-state index in [1.54, 1.807) is 0 Å². The zero-order valence-corrected chi connectivity index (χ0v) is 17.1. The molecule has 2 fully saturated rings. The molecule has 1 atom stereocenters. The number of anilines is 1. The second-order valence-corrected chi connectivity index (χ2v) is 8.79. The quantitative estimate of drug-likeness (QED) is 0.860. The molecule has 1 saturated carbocycles. The zero-order valence-electron chi connectivity index (χ0n) is 17.1. The van der Waals surface area contributed by atoms with E-state index < -0.39 is 0 Å². The van der Waals surface area contributed by atoms with Crippen LogP contribution in [-0.4, -0.2) is 35.0 Å². The van der Waals surface area contributed by atoms with E-state index in [0.29, 0.717) is 6.04 Å². The molecule has 0 radical (unpaired) electrons. The third kappa shape index (κ3) is 3.87. The predicted octanol–water partition coefficient (Wildman–Crippen LogP) is 3.91. The highest BCUT2D eigenvalue weighted by atomic mass is 16.2. The number of benzene rings is 1. The molecular weight excluding hydrogens is 360 g/mol. The number of fused-ring (bicyclic) bond motifs is 1. The summed E-state index contributed by atoms with van der Waals surface area (Å²) in [6.45, 7) is 1.75. The fourth-order valence-electron chi connectivity index (χ4n) is 5.16. The Morgan fingerprint density at radius 3 is 2.62 bits per heavy atom. The van der Waals surface area contributed by atoms with Crippen molar-refractivity contribution in [3.05, 3.63) is 41.6 Å². The molecule has 2 aliphatic carbocycles. The number of nitrogens with one attached hydrogen (secondary N) is 1. The number of nitrogens with zero attached hydrogens (tertiary/aromatic N) is 3. The maximum Gasteiger partial charge on any atom is 0.225 e. The first-order valence-corrected chi connectivity index (χ1v) is 11.3. The largest absolute Gasteiger partial charge is 0.355 e. The molecule has 2 heterocycles. The van der Waals surface area contributed by atoms with E-state index in [1.807, 2.05) is 18.2 Å². The van der Waals surface area contributed by atoms with Crippen LogP contribution in [0, 0.1) is 5.92 Å². The predicted molar refractivity (Wildman–Crippen MR) is 115 cm³/mol. The Hall–Kier alpha value is -2.43. The minimum absolute atomic E-state index is 0.0662. The smallest absolute Gasteiger partial charge is 0.225 e. The summed E-state index contributed by atoms with van der Waals surface area (Å²) >= 11 is 0. The second kappa shape index (κ2) is 8.13. The molecule has 0 bridgehead atoms. The normalized spacial score (nSPS) is 21.9. The van der Waals surface area contributed by atoms with E-state index in [9.17, 15) is 4.79 Å². The third-order valence-electron chi connectivity index (χ3n) is 6.74. The van der Waals surface area contributed by atoms with Gasteiger partial charge in [0.25, 0.3) is 0 Å². The van der Waals surface area contributed by atoms with Crippen LogP contribution in [0.2, 0.25) is 0 Å². The third-order valence-corrected chi connectivity index (χ3v) is 6.74. The molecule has 3 aliphatic rings. The van der Waals surface area contributed by atoms with Gasteiger partial charge in [0.05, 0.1) is 5.92 Å². The Labute approximate surface area is 172 Å². The van der Waals surface area contributed by atoms with Gasteiger partial charge in [-0.2, -0.15) is 0 Å². The summed E-state index contributed by atoms with van der Waals surface area (Å²) in [7, 11) is 0. The summed E-state index contributed by atoms with van der Waals surface area (Å²) in [6.07, 6.45) is 10.0.